The Bertz CT molecular complexity index is 1190. The summed E-state index contributed by atoms with van der Waals surface area (Å²) >= 11 is 0. The summed E-state index contributed by atoms with van der Waals surface area (Å²) < 4.78 is 5.42. The topological polar surface area (TPSA) is 82.6 Å². The van der Waals surface area contributed by atoms with E-state index in [1.807, 2.05) is 24.5 Å². The first kappa shape index (κ1) is 25.0. The molecule has 0 unspecified atom stereocenters. The van der Waals surface area contributed by atoms with Crippen LogP contribution in [0.1, 0.15) is 41.3 Å². The molecular formula is C29H36N6O2. The highest BCUT2D eigenvalue weighted by atomic mass is 16.5. The Morgan fingerprint density at radius 1 is 0.973 bits per heavy atom. The number of rotatable bonds is 10. The van der Waals surface area contributed by atoms with E-state index in [9.17, 15) is 4.79 Å². The van der Waals surface area contributed by atoms with Gasteiger partial charge in [0.05, 0.1) is 7.11 Å². The molecule has 0 radical (unpaired) electrons. The van der Waals surface area contributed by atoms with Gasteiger partial charge in [0, 0.05) is 61.6 Å². The summed E-state index contributed by atoms with van der Waals surface area (Å²) in [4.78, 5) is 26.4. The number of carbonyl (C=O) groups is 1. The van der Waals surface area contributed by atoms with E-state index in [0.717, 1.165) is 75.2 Å². The fourth-order valence-electron chi connectivity index (χ4n) is 4.59. The molecular weight excluding hydrogens is 464 g/mol. The fourth-order valence-corrected chi connectivity index (χ4v) is 4.59. The molecule has 8 nitrogen and oxygen atoms in total. The second kappa shape index (κ2) is 11.6. The molecule has 1 saturated heterocycles. The van der Waals surface area contributed by atoms with Crippen molar-refractivity contribution in [1.82, 2.24) is 20.2 Å². The van der Waals surface area contributed by atoms with Crippen LogP contribution in [0, 0.1) is 0 Å². The van der Waals surface area contributed by atoms with E-state index < -0.39 is 0 Å². The predicted octanol–water partition coefficient (Wildman–Crippen LogP) is 4.05. The highest BCUT2D eigenvalue weighted by molar-refractivity contribution is 5.95. The quantitative estimate of drug-likeness (QED) is 0.435. The first-order valence-corrected chi connectivity index (χ1v) is 13.2. The largest absolute Gasteiger partial charge is 0.497 e. The van der Waals surface area contributed by atoms with Crippen molar-refractivity contribution in [2.45, 2.75) is 38.6 Å². The van der Waals surface area contributed by atoms with Crippen molar-refractivity contribution in [3.05, 3.63) is 71.5 Å². The van der Waals surface area contributed by atoms with E-state index in [1.54, 1.807) is 13.2 Å². The summed E-state index contributed by atoms with van der Waals surface area (Å²) in [5, 5.41) is 6.34. The zero-order chi connectivity index (χ0) is 25.6. The number of ether oxygens (including phenoxy) is 1. The molecule has 8 heteroatoms. The molecule has 0 atom stereocenters. The summed E-state index contributed by atoms with van der Waals surface area (Å²) in [5.41, 5.74) is 4.96. The molecule has 1 aromatic heterocycles. The van der Waals surface area contributed by atoms with Crippen LogP contribution in [-0.4, -0.2) is 66.7 Å². The SMILES string of the molecule is CCN1CCN(c2ccc(Nc3ncc(CCc4cc(OC)cc(C(=O)NC5CC5)c4)cn3)cc2)CC1. The van der Waals surface area contributed by atoms with Crippen molar-refractivity contribution >= 4 is 23.2 Å². The van der Waals surface area contributed by atoms with Gasteiger partial charge in [-0.2, -0.15) is 0 Å². The molecule has 2 heterocycles. The minimum Gasteiger partial charge on any atom is -0.497 e. The van der Waals surface area contributed by atoms with Gasteiger partial charge in [-0.05, 0) is 85.8 Å². The lowest BCUT2D eigenvalue weighted by Gasteiger charge is -2.35. The number of nitrogens with zero attached hydrogens (tertiary/aromatic N) is 4. The van der Waals surface area contributed by atoms with E-state index in [0.29, 0.717) is 23.3 Å². The van der Waals surface area contributed by atoms with Crippen LogP contribution in [0.4, 0.5) is 17.3 Å². The number of benzene rings is 2. The molecule has 0 spiro atoms. The van der Waals surface area contributed by atoms with Crippen molar-refractivity contribution in [2.24, 2.45) is 0 Å². The van der Waals surface area contributed by atoms with Gasteiger partial charge in [-0.1, -0.05) is 6.92 Å². The lowest BCUT2D eigenvalue weighted by Crippen LogP contribution is -2.46. The molecule has 2 aromatic carbocycles. The van der Waals surface area contributed by atoms with Crippen LogP contribution in [0.3, 0.4) is 0 Å². The van der Waals surface area contributed by atoms with Crippen molar-refractivity contribution in [1.29, 1.82) is 0 Å². The number of piperazine rings is 1. The number of methoxy groups -OCH3 is 1. The Labute approximate surface area is 219 Å². The molecule has 1 aliphatic heterocycles. The highest BCUT2D eigenvalue weighted by Gasteiger charge is 2.24. The van der Waals surface area contributed by atoms with Crippen molar-refractivity contribution in [3.8, 4) is 5.75 Å². The normalized spacial score (nSPS) is 15.9. The Hall–Kier alpha value is -3.65. The fraction of sp³-hybridized carbons (Fsp3) is 0.414. The second-order valence-electron chi connectivity index (χ2n) is 9.83. The Kier molecular flexibility index (Phi) is 7.84. The number of aryl methyl sites for hydroxylation is 2. The van der Waals surface area contributed by atoms with Gasteiger partial charge in [0.25, 0.3) is 5.91 Å². The van der Waals surface area contributed by atoms with Gasteiger partial charge in [0.15, 0.2) is 0 Å². The van der Waals surface area contributed by atoms with Gasteiger partial charge >= 0.3 is 0 Å². The molecule has 2 N–H and O–H groups in total. The van der Waals surface area contributed by atoms with E-state index in [2.05, 4.69) is 61.6 Å². The van der Waals surface area contributed by atoms with E-state index >= 15 is 0 Å². The molecule has 2 aliphatic rings. The van der Waals surface area contributed by atoms with E-state index in [-0.39, 0.29) is 5.91 Å². The molecule has 1 aliphatic carbocycles. The molecule has 1 amide bonds. The number of aromatic nitrogens is 2. The average molecular weight is 501 g/mol. The van der Waals surface area contributed by atoms with Gasteiger partial charge in [0.1, 0.15) is 5.75 Å². The van der Waals surface area contributed by atoms with Crippen LogP contribution in [0.25, 0.3) is 0 Å². The maximum absolute atomic E-state index is 12.5. The van der Waals surface area contributed by atoms with Crippen LogP contribution in [0.2, 0.25) is 0 Å². The lowest BCUT2D eigenvalue weighted by atomic mass is 10.0. The van der Waals surface area contributed by atoms with Crippen LogP contribution < -0.4 is 20.3 Å². The second-order valence-corrected chi connectivity index (χ2v) is 9.83. The van der Waals surface area contributed by atoms with E-state index in [1.165, 1.54) is 5.69 Å². The molecule has 2 fully saturated rings. The number of anilines is 3. The monoisotopic (exact) mass is 500 g/mol. The van der Waals surface area contributed by atoms with Crippen molar-refractivity contribution < 1.29 is 9.53 Å². The van der Waals surface area contributed by atoms with Crippen LogP contribution in [0.5, 0.6) is 5.75 Å². The Balaban J connectivity index is 1.15. The lowest BCUT2D eigenvalue weighted by molar-refractivity contribution is 0.0950. The first-order valence-electron chi connectivity index (χ1n) is 13.2. The number of carbonyl (C=O) groups excluding carboxylic acids is 1. The van der Waals surface area contributed by atoms with Gasteiger partial charge in [0.2, 0.25) is 5.95 Å². The van der Waals surface area contributed by atoms with E-state index in [4.69, 9.17) is 4.74 Å². The minimum atomic E-state index is -0.0338. The summed E-state index contributed by atoms with van der Waals surface area (Å²) in [5.74, 6) is 1.24. The standard InChI is InChI=1S/C29H36N6O2/c1-3-34-12-14-35(15-13-34)26-10-8-25(9-11-26)33-29-30-19-22(20-31-29)5-4-21-16-23(18-27(17-21)37-2)28(36)32-24-6-7-24/h8-11,16-20,24H,3-7,12-15H2,1-2H3,(H,32,36)(H,30,31,33). The summed E-state index contributed by atoms with van der Waals surface area (Å²) in [6.45, 7) is 7.71. The molecule has 0 bridgehead atoms. The predicted molar refractivity (Wildman–Crippen MR) is 147 cm³/mol. The molecule has 5 rings (SSSR count). The van der Waals surface area contributed by atoms with Crippen LogP contribution >= 0.6 is 0 Å². The molecule has 37 heavy (non-hydrogen) atoms. The van der Waals surface area contributed by atoms with Gasteiger partial charge < -0.3 is 25.2 Å². The van der Waals surface area contributed by atoms with Gasteiger partial charge in [-0.25, -0.2) is 9.97 Å². The van der Waals surface area contributed by atoms with Gasteiger partial charge in [-0.15, -0.1) is 0 Å². The maximum atomic E-state index is 12.5. The molecule has 1 saturated carbocycles. The number of amides is 1. The number of nitrogens with one attached hydrogen (secondary N) is 2. The van der Waals surface area contributed by atoms with Gasteiger partial charge in [-0.3, -0.25) is 4.79 Å². The zero-order valence-electron chi connectivity index (χ0n) is 21.7. The number of hydrogen-bond donors (Lipinski definition) is 2. The van der Waals surface area contributed by atoms with Crippen LogP contribution in [0.15, 0.2) is 54.9 Å². The molecule has 3 aromatic rings. The summed E-state index contributed by atoms with van der Waals surface area (Å²) in [6.07, 6.45) is 7.39. The smallest absolute Gasteiger partial charge is 0.251 e. The van der Waals surface area contributed by atoms with Crippen molar-refractivity contribution in [3.63, 3.8) is 0 Å². The van der Waals surface area contributed by atoms with Crippen LogP contribution in [-0.2, 0) is 12.8 Å². The average Bonchev–Trinajstić information content (AvgIpc) is 3.77. The number of likely N-dealkylation sites (N-methyl/N-ethyl adjacent to an activating group) is 1. The minimum absolute atomic E-state index is 0.0338. The highest BCUT2D eigenvalue weighted by Crippen LogP contribution is 2.23. The zero-order valence-corrected chi connectivity index (χ0v) is 21.7. The Morgan fingerprint density at radius 3 is 2.32 bits per heavy atom. The third-order valence-electron chi connectivity index (χ3n) is 7.09. The summed E-state index contributed by atoms with van der Waals surface area (Å²) in [7, 11) is 1.63. The maximum Gasteiger partial charge on any atom is 0.251 e. The number of hydrogen-bond acceptors (Lipinski definition) is 7. The third kappa shape index (κ3) is 6.77. The van der Waals surface area contributed by atoms with Crippen molar-refractivity contribution in [2.75, 3.05) is 50.1 Å². The first-order chi connectivity index (χ1) is 18.1. The summed E-state index contributed by atoms with van der Waals surface area (Å²) in [6, 6.07) is 14.5. The molecule has 194 valence electrons. The third-order valence-corrected chi connectivity index (χ3v) is 7.09. The Morgan fingerprint density at radius 2 is 1.68 bits per heavy atom.